The van der Waals surface area contributed by atoms with Crippen molar-refractivity contribution < 1.29 is 0 Å². The second-order valence-electron chi connectivity index (χ2n) is 14.9. The molecule has 59 heavy (non-hydrogen) atoms. The summed E-state index contributed by atoms with van der Waals surface area (Å²) in [7, 11) is 0. The predicted molar refractivity (Wildman–Crippen MR) is 242 cm³/mol. The molecule has 0 spiro atoms. The van der Waals surface area contributed by atoms with Crippen LogP contribution in [0, 0.1) is 0 Å². The van der Waals surface area contributed by atoms with Gasteiger partial charge in [-0.2, -0.15) is 0 Å². The van der Waals surface area contributed by atoms with Gasteiger partial charge in [0, 0.05) is 48.3 Å². The molecule has 0 unspecified atom stereocenters. The molecule has 11 aromatic rings. The molecule has 3 aromatic heterocycles. The number of para-hydroxylation sites is 3. The second kappa shape index (κ2) is 13.5. The largest absolute Gasteiger partial charge is 0.295 e. The Morgan fingerprint density at radius 3 is 1.61 bits per heavy atom. The number of hydrogen-bond acceptors (Lipinski definition) is 4. The van der Waals surface area contributed by atoms with Crippen molar-refractivity contribution in [3.05, 3.63) is 200 Å². The third-order valence-electron chi connectivity index (χ3n) is 11.4. The van der Waals surface area contributed by atoms with Crippen LogP contribution in [0.4, 0.5) is 0 Å². The maximum Gasteiger partial charge on any atom is 0.164 e. The highest BCUT2D eigenvalue weighted by Gasteiger charge is 2.28. The molecule has 0 N–H and O–H groups in total. The first kappa shape index (κ1) is 33.6. The molecule has 8 aromatic carbocycles. The van der Waals surface area contributed by atoms with Gasteiger partial charge in [0.2, 0.25) is 0 Å². The monoisotopic (exact) mass is 771 g/mol. The van der Waals surface area contributed by atoms with E-state index in [0.717, 1.165) is 44.1 Å². The summed E-state index contributed by atoms with van der Waals surface area (Å²) in [5.74, 6) is 1.91. The number of fused-ring (bicyclic) bond motifs is 7. The van der Waals surface area contributed by atoms with Gasteiger partial charge in [-0.1, -0.05) is 163 Å². The number of hydrogen-bond donors (Lipinski definition) is 0. The molecule has 1 aliphatic heterocycles. The number of aromatic nitrogens is 5. The van der Waals surface area contributed by atoms with Gasteiger partial charge in [-0.15, -0.1) is 0 Å². The molecule has 0 fully saturated rings. The van der Waals surface area contributed by atoms with Gasteiger partial charge in [0.1, 0.15) is 5.65 Å². The van der Waals surface area contributed by atoms with Gasteiger partial charge in [-0.05, 0) is 70.8 Å². The fourth-order valence-electron chi connectivity index (χ4n) is 8.63. The van der Waals surface area contributed by atoms with E-state index in [-0.39, 0.29) is 0 Å². The van der Waals surface area contributed by atoms with Crippen molar-refractivity contribution in [2.75, 3.05) is 0 Å². The van der Waals surface area contributed by atoms with Crippen LogP contribution in [0.25, 0.3) is 101 Å². The zero-order valence-corrected chi connectivity index (χ0v) is 32.5. The van der Waals surface area contributed by atoms with Crippen molar-refractivity contribution in [2.24, 2.45) is 0 Å². The Morgan fingerprint density at radius 1 is 0.356 bits per heavy atom. The second-order valence-corrected chi connectivity index (χ2v) is 15.9. The minimum atomic E-state index is 0.635. The lowest BCUT2D eigenvalue weighted by molar-refractivity contribution is 1.02. The topological polar surface area (TPSA) is 48.5 Å². The first-order valence-corrected chi connectivity index (χ1v) is 20.6. The fraction of sp³-hybridized carbons (Fsp3) is 0. The van der Waals surface area contributed by atoms with E-state index in [1.165, 1.54) is 48.9 Å². The van der Waals surface area contributed by atoms with Crippen LogP contribution < -0.4 is 0 Å². The van der Waals surface area contributed by atoms with Gasteiger partial charge < -0.3 is 0 Å². The highest BCUT2D eigenvalue weighted by atomic mass is 32.2. The van der Waals surface area contributed by atoms with Crippen LogP contribution in [0.15, 0.2) is 210 Å². The average molecular weight is 772 g/mol. The van der Waals surface area contributed by atoms with Crippen LogP contribution >= 0.6 is 11.8 Å². The lowest BCUT2D eigenvalue weighted by Gasteiger charge is -2.22. The van der Waals surface area contributed by atoms with Crippen molar-refractivity contribution >= 4 is 44.6 Å². The highest BCUT2D eigenvalue weighted by Crippen LogP contribution is 2.50. The molecule has 0 aliphatic carbocycles. The van der Waals surface area contributed by atoms with Crippen molar-refractivity contribution in [3.8, 4) is 67.8 Å². The summed E-state index contributed by atoms with van der Waals surface area (Å²) in [6.45, 7) is 0. The quantitative estimate of drug-likeness (QED) is 0.169. The number of benzene rings is 8. The van der Waals surface area contributed by atoms with Crippen molar-refractivity contribution in [1.82, 2.24) is 24.1 Å². The molecule has 6 heteroatoms. The lowest BCUT2D eigenvalue weighted by atomic mass is 9.98. The Labute approximate surface area is 344 Å². The summed E-state index contributed by atoms with van der Waals surface area (Å²) in [5.41, 5.74) is 13.4. The third-order valence-corrected chi connectivity index (χ3v) is 12.5. The molecule has 0 amide bonds. The third kappa shape index (κ3) is 5.52. The molecular weight excluding hydrogens is 739 g/mol. The summed E-state index contributed by atoms with van der Waals surface area (Å²) < 4.78 is 4.88. The molecule has 0 bridgehead atoms. The Kier molecular flexibility index (Phi) is 7.71. The Hall–Kier alpha value is -7.54. The average Bonchev–Trinajstić information content (AvgIpc) is 3.84. The van der Waals surface area contributed by atoms with Gasteiger partial charge >= 0.3 is 0 Å². The minimum absolute atomic E-state index is 0.635. The molecule has 0 saturated heterocycles. The van der Waals surface area contributed by atoms with Crippen molar-refractivity contribution in [1.29, 1.82) is 0 Å². The molecule has 4 heterocycles. The lowest BCUT2D eigenvalue weighted by Crippen LogP contribution is -2.06. The van der Waals surface area contributed by atoms with Crippen molar-refractivity contribution in [2.45, 2.75) is 9.79 Å². The maximum absolute atomic E-state index is 5.17. The SMILES string of the molecule is c1ccc(-c2cccc(-c3ccc(-c4nc(-c5ccccc5)nc(-c5ccc6c(c5)Sc5cccc7c8c9ccccc9n(-c9ccccc9)c8n-6c57)n4)cc3)c2)cc1. The van der Waals surface area contributed by atoms with Crippen LogP contribution in [0.5, 0.6) is 0 Å². The molecule has 5 nitrogen and oxygen atoms in total. The van der Waals surface area contributed by atoms with Crippen LogP contribution in [0.3, 0.4) is 0 Å². The Balaban J connectivity index is 0.992. The van der Waals surface area contributed by atoms with E-state index >= 15 is 0 Å². The Morgan fingerprint density at radius 2 is 0.881 bits per heavy atom. The van der Waals surface area contributed by atoms with Crippen molar-refractivity contribution in [3.63, 3.8) is 0 Å². The summed E-state index contributed by atoms with van der Waals surface area (Å²) in [6.07, 6.45) is 0. The first-order valence-electron chi connectivity index (χ1n) is 19.8. The highest BCUT2D eigenvalue weighted by molar-refractivity contribution is 7.99. The predicted octanol–water partition coefficient (Wildman–Crippen LogP) is 13.7. The molecular formula is C53H33N5S. The maximum atomic E-state index is 5.17. The summed E-state index contributed by atoms with van der Waals surface area (Å²) in [6, 6.07) is 70.7. The van der Waals surface area contributed by atoms with E-state index in [1.807, 2.05) is 30.0 Å². The number of rotatable bonds is 6. The summed E-state index contributed by atoms with van der Waals surface area (Å²) >= 11 is 1.81. The molecule has 276 valence electrons. The molecule has 12 rings (SSSR count). The Bertz CT molecular complexity index is 3390. The van der Waals surface area contributed by atoms with Crippen LogP contribution in [0.2, 0.25) is 0 Å². The summed E-state index contributed by atoms with van der Waals surface area (Å²) in [4.78, 5) is 17.7. The molecule has 0 atom stereocenters. The van der Waals surface area contributed by atoms with Gasteiger partial charge in [-0.25, -0.2) is 15.0 Å². The van der Waals surface area contributed by atoms with Gasteiger partial charge in [0.05, 0.1) is 16.7 Å². The van der Waals surface area contributed by atoms with E-state index < -0.39 is 0 Å². The summed E-state index contributed by atoms with van der Waals surface area (Å²) in [5, 5.41) is 3.77. The van der Waals surface area contributed by atoms with E-state index in [2.05, 4.69) is 191 Å². The van der Waals surface area contributed by atoms with Crippen LogP contribution in [0.1, 0.15) is 0 Å². The zero-order chi connectivity index (χ0) is 38.9. The first-order chi connectivity index (χ1) is 29.2. The molecule has 1 aliphatic rings. The normalized spacial score (nSPS) is 12.0. The van der Waals surface area contributed by atoms with E-state index in [1.54, 1.807) is 0 Å². The van der Waals surface area contributed by atoms with Crippen LogP contribution in [-0.2, 0) is 0 Å². The fourth-order valence-corrected chi connectivity index (χ4v) is 9.76. The zero-order valence-electron chi connectivity index (χ0n) is 31.7. The van der Waals surface area contributed by atoms with Gasteiger partial charge in [0.15, 0.2) is 17.5 Å². The minimum Gasteiger partial charge on any atom is -0.295 e. The smallest absolute Gasteiger partial charge is 0.164 e. The van der Waals surface area contributed by atoms with Gasteiger partial charge in [0.25, 0.3) is 0 Å². The standard InChI is InChI=1S/C53H33N5S/c1-4-14-34(15-5-1)38-18-12-19-39(32-38)35-26-28-37(29-27-35)51-54-50(36-16-6-2-7-17-36)55-52(56-51)40-30-31-45-47(33-40)59-46-25-13-23-43-48-42-22-10-11-24-44(42)57(41-20-8-3-9-21-41)53(48)58(45)49(43)46/h1-33H. The van der Waals surface area contributed by atoms with E-state index in [0.29, 0.717) is 17.5 Å². The van der Waals surface area contributed by atoms with Gasteiger partial charge in [-0.3, -0.25) is 9.13 Å². The van der Waals surface area contributed by atoms with E-state index in [9.17, 15) is 0 Å². The van der Waals surface area contributed by atoms with Crippen LogP contribution in [-0.4, -0.2) is 24.1 Å². The van der Waals surface area contributed by atoms with E-state index in [4.69, 9.17) is 15.0 Å². The molecule has 0 radical (unpaired) electrons. The molecule has 0 saturated carbocycles. The number of nitrogens with zero attached hydrogens (tertiary/aromatic N) is 5.